The van der Waals surface area contributed by atoms with Gasteiger partial charge in [0.1, 0.15) is 0 Å². The van der Waals surface area contributed by atoms with Crippen molar-refractivity contribution >= 4 is 23.4 Å². The van der Waals surface area contributed by atoms with Crippen molar-refractivity contribution in [1.82, 2.24) is 9.97 Å². The summed E-state index contributed by atoms with van der Waals surface area (Å²) in [5.74, 6) is -0.859. The lowest BCUT2D eigenvalue weighted by molar-refractivity contribution is -0.137. The zero-order valence-electron chi connectivity index (χ0n) is 14.3. The molecule has 0 atom stereocenters. The lowest BCUT2D eigenvalue weighted by Gasteiger charge is -2.13. The zero-order chi connectivity index (χ0) is 20.1. The minimum absolute atomic E-state index is 0.200. The molecule has 0 aliphatic carbocycles. The van der Waals surface area contributed by atoms with E-state index in [0.717, 1.165) is 23.4 Å². The summed E-state index contributed by atoms with van der Waals surface area (Å²) in [7, 11) is 0. The average Bonchev–Trinajstić information content (AvgIpc) is 2.66. The molecule has 0 radical (unpaired) electrons. The van der Waals surface area contributed by atoms with Crippen LogP contribution >= 0.6 is 11.8 Å². The monoisotopic (exact) mass is 405 g/mol. The Morgan fingerprint density at radius 1 is 1.07 bits per heavy atom. The maximum Gasteiger partial charge on any atom is 0.418 e. The van der Waals surface area contributed by atoms with Crippen LogP contribution in [0.2, 0.25) is 0 Å². The third-order valence-corrected chi connectivity index (χ3v) is 4.51. The normalized spacial score (nSPS) is 11.2. The van der Waals surface area contributed by atoms with Crippen molar-refractivity contribution in [3.63, 3.8) is 0 Å². The second-order valence-electron chi connectivity index (χ2n) is 5.68. The van der Waals surface area contributed by atoms with E-state index < -0.39 is 17.6 Å². The molecule has 0 unspecified atom stereocenters. The number of thioether (sulfide) groups is 1. The van der Waals surface area contributed by atoms with Crippen molar-refractivity contribution in [2.75, 3.05) is 11.1 Å². The highest BCUT2D eigenvalue weighted by Crippen LogP contribution is 2.34. The van der Waals surface area contributed by atoms with Gasteiger partial charge in [-0.2, -0.15) is 13.2 Å². The number of aromatic amines is 1. The molecule has 0 fully saturated rings. The number of para-hydroxylation sites is 1. The van der Waals surface area contributed by atoms with Gasteiger partial charge in [0, 0.05) is 11.6 Å². The maximum absolute atomic E-state index is 13.0. The molecule has 28 heavy (non-hydrogen) atoms. The first-order valence-electron chi connectivity index (χ1n) is 8.08. The number of halogens is 3. The Balaban J connectivity index is 1.71. The minimum atomic E-state index is -4.58. The van der Waals surface area contributed by atoms with Gasteiger partial charge in [-0.3, -0.25) is 9.59 Å². The number of amides is 1. The van der Waals surface area contributed by atoms with Gasteiger partial charge < -0.3 is 10.3 Å². The Bertz CT molecular complexity index is 1040. The third kappa shape index (κ3) is 5.01. The van der Waals surface area contributed by atoms with Gasteiger partial charge in [0.15, 0.2) is 5.16 Å². The molecule has 9 heteroatoms. The number of nitrogens with zero attached hydrogens (tertiary/aromatic N) is 1. The van der Waals surface area contributed by atoms with Gasteiger partial charge >= 0.3 is 6.18 Å². The summed E-state index contributed by atoms with van der Waals surface area (Å²) in [6.45, 7) is 0. The van der Waals surface area contributed by atoms with Crippen molar-refractivity contribution in [2.45, 2.75) is 11.3 Å². The standard InChI is InChI=1S/C19H14F3N3O2S/c20-19(21,22)13-8-4-5-9-14(13)23-17(27)11-28-18-24-15(10-16(26)25-18)12-6-2-1-3-7-12/h1-10H,11H2,(H,23,27)(H,24,25,26). The van der Waals surface area contributed by atoms with Gasteiger partial charge in [-0.1, -0.05) is 54.2 Å². The van der Waals surface area contributed by atoms with Gasteiger partial charge in [0.2, 0.25) is 5.91 Å². The molecule has 1 aromatic heterocycles. The summed E-state index contributed by atoms with van der Waals surface area (Å²) in [4.78, 5) is 30.7. The number of hydrogen-bond acceptors (Lipinski definition) is 4. The molecule has 0 saturated heterocycles. The molecule has 3 rings (SSSR count). The Morgan fingerprint density at radius 3 is 2.46 bits per heavy atom. The van der Waals surface area contributed by atoms with E-state index in [1.165, 1.54) is 24.3 Å². The van der Waals surface area contributed by atoms with Crippen molar-refractivity contribution in [3.8, 4) is 11.3 Å². The Labute approximate surface area is 162 Å². The molecule has 2 aromatic carbocycles. The van der Waals surface area contributed by atoms with Crippen LogP contribution in [-0.2, 0) is 11.0 Å². The van der Waals surface area contributed by atoms with Crippen LogP contribution in [0.4, 0.5) is 18.9 Å². The molecule has 0 spiro atoms. The summed E-state index contributed by atoms with van der Waals surface area (Å²) in [5.41, 5.74) is -0.459. The molecule has 144 valence electrons. The lowest BCUT2D eigenvalue weighted by atomic mass is 10.1. The third-order valence-electron chi connectivity index (χ3n) is 3.64. The summed E-state index contributed by atoms with van der Waals surface area (Å²) >= 11 is 0.924. The number of anilines is 1. The Hall–Kier alpha value is -3.07. The maximum atomic E-state index is 13.0. The van der Waals surface area contributed by atoms with E-state index in [4.69, 9.17) is 0 Å². The summed E-state index contributed by atoms with van der Waals surface area (Å²) in [6.07, 6.45) is -4.58. The van der Waals surface area contributed by atoms with Crippen molar-refractivity contribution in [3.05, 3.63) is 76.6 Å². The van der Waals surface area contributed by atoms with Crippen molar-refractivity contribution < 1.29 is 18.0 Å². The molecule has 3 aromatic rings. The topological polar surface area (TPSA) is 74.8 Å². The smallest absolute Gasteiger partial charge is 0.325 e. The number of benzene rings is 2. The molecule has 0 aliphatic rings. The van der Waals surface area contributed by atoms with E-state index >= 15 is 0 Å². The van der Waals surface area contributed by atoms with Gasteiger partial charge in [-0.25, -0.2) is 4.98 Å². The molecular formula is C19H14F3N3O2S. The Morgan fingerprint density at radius 2 is 1.75 bits per heavy atom. The van der Waals surface area contributed by atoms with Gasteiger partial charge in [-0.05, 0) is 12.1 Å². The summed E-state index contributed by atoms with van der Waals surface area (Å²) in [6, 6.07) is 15.1. The second-order valence-corrected chi connectivity index (χ2v) is 6.65. The van der Waals surface area contributed by atoms with Crippen LogP contribution in [0.5, 0.6) is 0 Å². The predicted octanol–water partition coefficient (Wildman–Crippen LogP) is 4.19. The highest BCUT2D eigenvalue weighted by atomic mass is 32.2. The van der Waals surface area contributed by atoms with Gasteiger partial charge in [-0.15, -0.1) is 0 Å². The molecule has 5 nitrogen and oxygen atoms in total. The molecule has 2 N–H and O–H groups in total. The first kappa shape index (κ1) is 19.7. The summed E-state index contributed by atoms with van der Waals surface area (Å²) in [5, 5.41) is 2.45. The number of carbonyl (C=O) groups is 1. The minimum Gasteiger partial charge on any atom is -0.325 e. The van der Waals surface area contributed by atoms with E-state index in [2.05, 4.69) is 15.3 Å². The highest BCUT2D eigenvalue weighted by molar-refractivity contribution is 7.99. The molecule has 0 bridgehead atoms. The number of aromatic nitrogens is 2. The first-order valence-corrected chi connectivity index (χ1v) is 9.07. The average molecular weight is 405 g/mol. The van der Waals surface area contributed by atoms with Crippen LogP contribution in [0.25, 0.3) is 11.3 Å². The van der Waals surface area contributed by atoms with Crippen LogP contribution in [0.3, 0.4) is 0 Å². The first-order chi connectivity index (χ1) is 13.3. The number of alkyl halides is 3. The number of rotatable bonds is 5. The quantitative estimate of drug-likeness (QED) is 0.493. The largest absolute Gasteiger partial charge is 0.418 e. The second kappa shape index (κ2) is 8.30. The fourth-order valence-corrected chi connectivity index (χ4v) is 3.10. The predicted molar refractivity (Wildman–Crippen MR) is 101 cm³/mol. The number of hydrogen-bond donors (Lipinski definition) is 2. The molecular weight excluding hydrogens is 391 g/mol. The van der Waals surface area contributed by atoms with Crippen LogP contribution in [0, 0.1) is 0 Å². The van der Waals surface area contributed by atoms with Crippen LogP contribution in [-0.4, -0.2) is 21.6 Å². The molecule has 0 saturated carbocycles. The van der Waals surface area contributed by atoms with Gasteiger partial charge in [0.25, 0.3) is 5.56 Å². The van der Waals surface area contributed by atoms with E-state index in [1.54, 1.807) is 24.3 Å². The van der Waals surface area contributed by atoms with E-state index in [-0.39, 0.29) is 22.2 Å². The number of H-pyrrole nitrogens is 1. The van der Waals surface area contributed by atoms with Crippen LogP contribution < -0.4 is 10.9 Å². The number of nitrogens with one attached hydrogen (secondary N) is 2. The number of carbonyl (C=O) groups excluding carboxylic acids is 1. The molecule has 0 aliphatic heterocycles. The van der Waals surface area contributed by atoms with E-state index in [9.17, 15) is 22.8 Å². The van der Waals surface area contributed by atoms with Gasteiger partial charge in [0.05, 0.1) is 22.7 Å². The van der Waals surface area contributed by atoms with Crippen LogP contribution in [0.15, 0.2) is 70.6 Å². The zero-order valence-corrected chi connectivity index (χ0v) is 15.1. The van der Waals surface area contributed by atoms with E-state index in [1.807, 2.05) is 6.07 Å². The fraction of sp³-hybridized carbons (Fsp3) is 0.105. The summed E-state index contributed by atoms with van der Waals surface area (Å²) < 4.78 is 39.0. The fourth-order valence-electron chi connectivity index (χ4n) is 2.42. The Kier molecular flexibility index (Phi) is 5.84. The highest BCUT2D eigenvalue weighted by Gasteiger charge is 2.33. The lowest BCUT2D eigenvalue weighted by Crippen LogP contribution is -2.18. The van der Waals surface area contributed by atoms with Crippen LogP contribution in [0.1, 0.15) is 5.56 Å². The SMILES string of the molecule is O=C(CSc1nc(-c2ccccc2)cc(=O)[nH]1)Nc1ccccc1C(F)(F)F. The molecule has 1 heterocycles. The van der Waals surface area contributed by atoms with Crippen molar-refractivity contribution in [1.29, 1.82) is 0 Å². The van der Waals surface area contributed by atoms with E-state index in [0.29, 0.717) is 5.69 Å². The molecule has 1 amide bonds. The van der Waals surface area contributed by atoms with Crippen molar-refractivity contribution in [2.24, 2.45) is 0 Å².